The number of thiophene rings is 1. The van der Waals surface area contributed by atoms with Gasteiger partial charge in [-0.3, -0.25) is 4.79 Å². The predicted octanol–water partition coefficient (Wildman–Crippen LogP) is 3.23. The molecule has 118 valence electrons. The number of para-hydroxylation sites is 2. The number of amides is 1. The lowest BCUT2D eigenvalue weighted by atomic mass is 9.91. The maximum absolute atomic E-state index is 12.0. The average molecular weight is 319 g/mol. The van der Waals surface area contributed by atoms with Gasteiger partial charge in [-0.05, 0) is 23.6 Å². The van der Waals surface area contributed by atoms with Gasteiger partial charge in [0.25, 0.3) is 5.91 Å². The van der Waals surface area contributed by atoms with E-state index in [2.05, 4.69) is 25.2 Å². The highest BCUT2D eigenvalue weighted by molar-refractivity contribution is 7.10. The fourth-order valence-corrected chi connectivity index (χ4v) is 2.85. The van der Waals surface area contributed by atoms with Crippen LogP contribution in [0.2, 0.25) is 0 Å². The molecule has 0 spiro atoms. The summed E-state index contributed by atoms with van der Waals surface area (Å²) >= 11 is 1.70. The van der Waals surface area contributed by atoms with Crippen molar-refractivity contribution < 1.29 is 14.3 Å². The highest BCUT2D eigenvalue weighted by Crippen LogP contribution is 2.27. The molecule has 22 heavy (non-hydrogen) atoms. The van der Waals surface area contributed by atoms with Gasteiger partial charge in [-0.25, -0.2) is 0 Å². The van der Waals surface area contributed by atoms with Crippen molar-refractivity contribution in [1.29, 1.82) is 0 Å². The van der Waals surface area contributed by atoms with Crippen LogP contribution in [-0.2, 0) is 10.2 Å². The summed E-state index contributed by atoms with van der Waals surface area (Å²) in [6.07, 6.45) is 0. The van der Waals surface area contributed by atoms with Gasteiger partial charge >= 0.3 is 0 Å². The van der Waals surface area contributed by atoms with Gasteiger partial charge in [-0.1, -0.05) is 32.0 Å². The van der Waals surface area contributed by atoms with Crippen molar-refractivity contribution in [3.05, 3.63) is 46.7 Å². The van der Waals surface area contributed by atoms with E-state index in [4.69, 9.17) is 9.47 Å². The second kappa shape index (κ2) is 7.31. The van der Waals surface area contributed by atoms with Crippen LogP contribution in [0.3, 0.4) is 0 Å². The summed E-state index contributed by atoms with van der Waals surface area (Å²) in [6.45, 7) is 4.77. The SMILES string of the molecule is COc1ccccc1OCC(=O)NCC(C)(C)c1cccs1. The molecule has 5 heteroatoms. The van der Waals surface area contributed by atoms with E-state index in [0.717, 1.165) is 0 Å². The van der Waals surface area contributed by atoms with E-state index >= 15 is 0 Å². The van der Waals surface area contributed by atoms with E-state index in [-0.39, 0.29) is 17.9 Å². The van der Waals surface area contributed by atoms with Crippen LogP contribution in [0.25, 0.3) is 0 Å². The van der Waals surface area contributed by atoms with Crippen LogP contribution in [-0.4, -0.2) is 26.2 Å². The zero-order valence-corrected chi connectivity index (χ0v) is 13.9. The van der Waals surface area contributed by atoms with E-state index in [1.54, 1.807) is 30.6 Å². The number of hydrogen-bond donors (Lipinski definition) is 1. The summed E-state index contributed by atoms with van der Waals surface area (Å²) in [4.78, 5) is 13.2. The molecule has 1 aromatic carbocycles. The number of carbonyl (C=O) groups is 1. The average Bonchev–Trinajstić information content (AvgIpc) is 3.06. The Kier molecular flexibility index (Phi) is 5.44. The molecule has 1 aromatic heterocycles. The Morgan fingerprint density at radius 3 is 2.55 bits per heavy atom. The monoisotopic (exact) mass is 319 g/mol. The van der Waals surface area contributed by atoms with Crippen LogP contribution in [0.15, 0.2) is 41.8 Å². The lowest BCUT2D eigenvalue weighted by Gasteiger charge is -2.23. The third kappa shape index (κ3) is 4.24. The van der Waals surface area contributed by atoms with Crippen LogP contribution in [0.1, 0.15) is 18.7 Å². The third-order valence-electron chi connectivity index (χ3n) is 3.34. The molecule has 1 heterocycles. The van der Waals surface area contributed by atoms with Gasteiger partial charge in [-0.2, -0.15) is 0 Å². The molecule has 0 atom stereocenters. The Bertz CT molecular complexity index is 608. The summed E-state index contributed by atoms with van der Waals surface area (Å²) in [5.41, 5.74) is -0.0890. The molecule has 0 aliphatic rings. The molecule has 0 saturated heterocycles. The van der Waals surface area contributed by atoms with Gasteiger partial charge in [0.2, 0.25) is 0 Å². The molecule has 4 nitrogen and oxygen atoms in total. The van der Waals surface area contributed by atoms with Crippen molar-refractivity contribution in [1.82, 2.24) is 5.32 Å². The summed E-state index contributed by atoms with van der Waals surface area (Å²) < 4.78 is 10.7. The van der Waals surface area contributed by atoms with Crippen LogP contribution in [0.4, 0.5) is 0 Å². The minimum absolute atomic E-state index is 0.0269. The molecule has 1 amide bonds. The summed E-state index contributed by atoms with van der Waals surface area (Å²) in [5, 5.41) is 4.97. The highest BCUT2D eigenvalue weighted by atomic mass is 32.1. The molecule has 0 unspecified atom stereocenters. The zero-order valence-electron chi connectivity index (χ0n) is 13.1. The Hall–Kier alpha value is -2.01. The normalized spacial score (nSPS) is 11.0. The molecule has 0 aliphatic carbocycles. The number of hydrogen-bond acceptors (Lipinski definition) is 4. The van der Waals surface area contributed by atoms with Gasteiger partial charge in [0, 0.05) is 16.8 Å². The first-order valence-corrected chi connectivity index (χ1v) is 7.97. The van der Waals surface area contributed by atoms with E-state index in [1.807, 2.05) is 23.6 Å². The Labute approximate surface area is 135 Å². The largest absolute Gasteiger partial charge is 0.493 e. The number of ether oxygens (including phenoxy) is 2. The minimum atomic E-state index is -0.143. The third-order valence-corrected chi connectivity index (χ3v) is 4.58. The fraction of sp³-hybridized carbons (Fsp3) is 0.353. The van der Waals surface area contributed by atoms with Crippen LogP contribution >= 0.6 is 11.3 Å². The molecule has 2 rings (SSSR count). The van der Waals surface area contributed by atoms with Crippen molar-refractivity contribution in [3.8, 4) is 11.5 Å². The van der Waals surface area contributed by atoms with E-state index in [9.17, 15) is 4.79 Å². The highest BCUT2D eigenvalue weighted by Gasteiger charge is 2.22. The topological polar surface area (TPSA) is 47.6 Å². The summed E-state index contributed by atoms with van der Waals surface area (Å²) in [5.74, 6) is 1.04. The van der Waals surface area contributed by atoms with Gasteiger partial charge in [0.05, 0.1) is 7.11 Å². The quantitative estimate of drug-likeness (QED) is 0.852. The molecule has 0 saturated carbocycles. The zero-order chi connectivity index (χ0) is 16.0. The number of benzene rings is 1. The molecule has 0 radical (unpaired) electrons. The van der Waals surface area contributed by atoms with Crippen molar-refractivity contribution in [2.24, 2.45) is 0 Å². The maximum atomic E-state index is 12.0. The predicted molar refractivity (Wildman–Crippen MR) is 88.8 cm³/mol. The Morgan fingerprint density at radius 2 is 1.91 bits per heavy atom. The van der Waals surface area contributed by atoms with E-state index < -0.39 is 0 Å². The second-order valence-corrected chi connectivity index (χ2v) is 6.53. The van der Waals surface area contributed by atoms with Crippen molar-refractivity contribution >= 4 is 17.2 Å². The van der Waals surface area contributed by atoms with Crippen molar-refractivity contribution in [2.75, 3.05) is 20.3 Å². The first-order chi connectivity index (χ1) is 10.5. The van der Waals surface area contributed by atoms with E-state index in [0.29, 0.717) is 18.0 Å². The van der Waals surface area contributed by atoms with Crippen LogP contribution < -0.4 is 14.8 Å². The molecule has 1 N–H and O–H groups in total. The lowest BCUT2D eigenvalue weighted by molar-refractivity contribution is -0.123. The summed E-state index contributed by atoms with van der Waals surface area (Å²) in [7, 11) is 1.58. The Morgan fingerprint density at radius 1 is 1.18 bits per heavy atom. The van der Waals surface area contributed by atoms with Crippen molar-refractivity contribution in [3.63, 3.8) is 0 Å². The van der Waals surface area contributed by atoms with Gasteiger partial charge in [0.1, 0.15) is 0 Å². The standard InChI is InChI=1S/C17H21NO3S/c1-17(2,15-9-6-10-22-15)12-18-16(19)11-21-14-8-5-4-7-13(14)20-3/h4-10H,11-12H2,1-3H3,(H,18,19). The maximum Gasteiger partial charge on any atom is 0.257 e. The van der Waals surface area contributed by atoms with Crippen LogP contribution in [0.5, 0.6) is 11.5 Å². The number of nitrogens with one attached hydrogen (secondary N) is 1. The smallest absolute Gasteiger partial charge is 0.257 e. The van der Waals surface area contributed by atoms with Gasteiger partial charge < -0.3 is 14.8 Å². The molecule has 0 aliphatic heterocycles. The van der Waals surface area contributed by atoms with Gasteiger partial charge in [0.15, 0.2) is 18.1 Å². The lowest BCUT2D eigenvalue weighted by Crippen LogP contribution is -2.38. The summed E-state index contributed by atoms with van der Waals surface area (Å²) in [6, 6.07) is 11.4. The Balaban J connectivity index is 1.83. The van der Waals surface area contributed by atoms with E-state index in [1.165, 1.54) is 4.88 Å². The molecule has 0 fully saturated rings. The molecular weight excluding hydrogens is 298 g/mol. The second-order valence-electron chi connectivity index (χ2n) is 5.58. The fourth-order valence-electron chi connectivity index (χ4n) is 2.00. The van der Waals surface area contributed by atoms with Crippen molar-refractivity contribution in [2.45, 2.75) is 19.3 Å². The molecular formula is C17H21NO3S. The first kappa shape index (κ1) is 16.4. The number of carbonyl (C=O) groups excluding carboxylic acids is 1. The van der Waals surface area contributed by atoms with Gasteiger partial charge in [-0.15, -0.1) is 11.3 Å². The molecule has 2 aromatic rings. The number of rotatable bonds is 7. The molecule has 0 bridgehead atoms. The first-order valence-electron chi connectivity index (χ1n) is 7.09. The number of methoxy groups -OCH3 is 1. The minimum Gasteiger partial charge on any atom is -0.493 e. The van der Waals surface area contributed by atoms with Crippen LogP contribution in [0, 0.1) is 0 Å².